The van der Waals surface area contributed by atoms with Gasteiger partial charge in [0, 0.05) is 17.3 Å². The van der Waals surface area contributed by atoms with Crippen LogP contribution >= 0.6 is 11.3 Å². The molecule has 0 aliphatic carbocycles. The van der Waals surface area contributed by atoms with E-state index in [2.05, 4.69) is 10.3 Å². The monoisotopic (exact) mass is 593 g/mol. The molecule has 0 saturated heterocycles. The van der Waals surface area contributed by atoms with Gasteiger partial charge in [-0.05, 0) is 73.5 Å². The van der Waals surface area contributed by atoms with Crippen LogP contribution in [0.3, 0.4) is 0 Å². The summed E-state index contributed by atoms with van der Waals surface area (Å²) < 4.78 is 21.7. The van der Waals surface area contributed by atoms with E-state index in [-0.39, 0.29) is 16.7 Å². The molecule has 8 nitrogen and oxygen atoms in total. The molecule has 43 heavy (non-hydrogen) atoms. The summed E-state index contributed by atoms with van der Waals surface area (Å²) in [5, 5.41) is 12.1. The lowest BCUT2D eigenvalue weighted by molar-refractivity contribution is -0.113. The van der Waals surface area contributed by atoms with E-state index < -0.39 is 23.7 Å². The molecule has 0 spiro atoms. The number of para-hydroxylation sites is 1. The number of carbonyl (C=O) groups is 2. The highest BCUT2D eigenvalue weighted by atomic mass is 32.1. The van der Waals surface area contributed by atoms with E-state index >= 15 is 0 Å². The molecule has 0 saturated carbocycles. The highest BCUT2D eigenvalue weighted by molar-refractivity contribution is 7.07. The Morgan fingerprint density at radius 3 is 2.47 bits per heavy atom. The number of carboxylic acid groups (broad SMARTS) is 1. The predicted octanol–water partition coefficient (Wildman–Crippen LogP) is 5.28. The second-order valence-electron chi connectivity index (χ2n) is 9.99. The molecule has 0 bridgehead atoms. The zero-order valence-corrected chi connectivity index (χ0v) is 23.8. The number of carboxylic acids is 1. The molecule has 0 radical (unpaired) electrons. The Morgan fingerprint density at radius 2 is 1.77 bits per heavy atom. The number of nitrogens with zero attached hydrogens (tertiary/aromatic N) is 2. The average Bonchev–Trinajstić information content (AvgIpc) is 3.57. The third kappa shape index (κ3) is 5.35. The number of carbonyl (C=O) groups excluding carboxylic acids is 1. The molecule has 3 heterocycles. The number of nitrogens with one attached hydrogen (secondary N) is 1. The molecule has 0 unspecified atom stereocenters. The van der Waals surface area contributed by atoms with Crippen LogP contribution in [0.25, 0.3) is 17.4 Å². The summed E-state index contributed by atoms with van der Waals surface area (Å²) in [7, 11) is 0. The molecule has 1 atom stereocenters. The lowest BCUT2D eigenvalue weighted by Crippen LogP contribution is -2.40. The highest BCUT2D eigenvalue weighted by Crippen LogP contribution is 2.31. The Kier molecular flexibility index (Phi) is 7.21. The van der Waals surface area contributed by atoms with Gasteiger partial charge < -0.3 is 14.8 Å². The number of amides is 1. The first kappa shape index (κ1) is 27.8. The van der Waals surface area contributed by atoms with Gasteiger partial charge in [0.05, 0.1) is 27.4 Å². The van der Waals surface area contributed by atoms with Crippen molar-refractivity contribution >= 4 is 35.0 Å². The lowest BCUT2D eigenvalue weighted by atomic mass is 9.95. The number of aromatic carboxylic acids is 1. The number of halogens is 1. The maximum absolute atomic E-state index is 13.9. The van der Waals surface area contributed by atoms with E-state index in [0.29, 0.717) is 37.8 Å². The van der Waals surface area contributed by atoms with E-state index in [1.165, 1.54) is 22.8 Å². The van der Waals surface area contributed by atoms with E-state index in [9.17, 15) is 23.9 Å². The molecule has 3 aromatic carbocycles. The minimum Gasteiger partial charge on any atom is -0.478 e. The normalized spacial score (nSPS) is 14.8. The molecule has 0 fully saturated rings. The smallest absolute Gasteiger partial charge is 0.335 e. The summed E-state index contributed by atoms with van der Waals surface area (Å²) in [5.41, 5.74) is 3.12. The number of allylic oxidation sites excluding steroid dienone is 1. The van der Waals surface area contributed by atoms with Crippen molar-refractivity contribution in [1.29, 1.82) is 0 Å². The van der Waals surface area contributed by atoms with Gasteiger partial charge in [-0.15, -0.1) is 0 Å². The Morgan fingerprint density at radius 1 is 1.02 bits per heavy atom. The largest absolute Gasteiger partial charge is 0.478 e. The summed E-state index contributed by atoms with van der Waals surface area (Å²) in [6, 6.07) is 22.1. The Bertz CT molecular complexity index is 2110. The van der Waals surface area contributed by atoms with E-state index in [1.807, 2.05) is 6.07 Å². The van der Waals surface area contributed by atoms with Crippen LogP contribution in [-0.4, -0.2) is 21.6 Å². The van der Waals surface area contributed by atoms with Gasteiger partial charge in [-0.1, -0.05) is 47.7 Å². The summed E-state index contributed by atoms with van der Waals surface area (Å²) in [4.78, 5) is 43.8. The third-order valence-corrected chi connectivity index (χ3v) is 8.11. The number of thiazole rings is 1. The van der Waals surface area contributed by atoms with Crippen molar-refractivity contribution < 1.29 is 23.5 Å². The first-order valence-electron chi connectivity index (χ1n) is 13.3. The van der Waals surface area contributed by atoms with Crippen LogP contribution in [0, 0.1) is 12.7 Å². The molecule has 5 aromatic rings. The molecule has 6 rings (SSSR count). The minimum absolute atomic E-state index is 0.178. The van der Waals surface area contributed by atoms with Crippen molar-refractivity contribution in [2.24, 2.45) is 4.99 Å². The number of furan rings is 1. The van der Waals surface area contributed by atoms with Crippen molar-refractivity contribution in [2.45, 2.75) is 19.9 Å². The number of hydrogen-bond acceptors (Lipinski definition) is 6. The van der Waals surface area contributed by atoms with Gasteiger partial charge in [0.2, 0.25) is 0 Å². The van der Waals surface area contributed by atoms with Gasteiger partial charge in [-0.3, -0.25) is 14.2 Å². The van der Waals surface area contributed by atoms with E-state index in [4.69, 9.17) is 4.42 Å². The standard InChI is InChI=1S/C33H24FN3O5S/c1-18-16-21(32(40)41)10-14-25(18)26-15-13-24(42-26)17-27-31(39)37-29(20-8-11-22(34)12-9-20)28(19(2)35-33(37)43-27)30(38)36-23-6-4-3-5-7-23/h3-17,29H,1-2H3,(H,36,38)(H,40,41)/b27-17-/t29-/m0/s1. The van der Waals surface area contributed by atoms with Crippen molar-refractivity contribution in [3.8, 4) is 11.3 Å². The van der Waals surface area contributed by atoms with Crippen LogP contribution in [0.15, 0.2) is 110 Å². The Hall–Kier alpha value is -5.35. The fourth-order valence-electron chi connectivity index (χ4n) is 5.07. The molecular weight excluding hydrogens is 569 g/mol. The quantitative estimate of drug-likeness (QED) is 0.278. The number of anilines is 1. The number of aromatic nitrogens is 1. The summed E-state index contributed by atoms with van der Waals surface area (Å²) in [6.45, 7) is 3.51. The number of rotatable bonds is 6. The molecule has 2 N–H and O–H groups in total. The fourth-order valence-corrected chi connectivity index (χ4v) is 6.10. The van der Waals surface area contributed by atoms with Gasteiger partial charge >= 0.3 is 5.97 Å². The van der Waals surface area contributed by atoms with Crippen LogP contribution in [0.2, 0.25) is 0 Å². The van der Waals surface area contributed by atoms with Crippen LogP contribution in [0.1, 0.15) is 40.2 Å². The van der Waals surface area contributed by atoms with E-state index in [1.54, 1.807) is 80.6 Å². The number of benzene rings is 3. The third-order valence-electron chi connectivity index (χ3n) is 7.12. The molecule has 1 amide bonds. The van der Waals surface area contributed by atoms with Crippen molar-refractivity contribution in [3.63, 3.8) is 0 Å². The maximum atomic E-state index is 13.9. The van der Waals surface area contributed by atoms with Gasteiger partial charge in [-0.25, -0.2) is 14.2 Å². The molecule has 2 aromatic heterocycles. The van der Waals surface area contributed by atoms with Crippen LogP contribution in [0.4, 0.5) is 10.1 Å². The first-order chi connectivity index (χ1) is 20.7. The van der Waals surface area contributed by atoms with Crippen molar-refractivity contribution in [1.82, 2.24) is 4.57 Å². The number of aryl methyl sites for hydroxylation is 1. The van der Waals surface area contributed by atoms with Crippen LogP contribution in [-0.2, 0) is 4.79 Å². The fraction of sp³-hybridized carbons (Fsp3) is 0.0909. The first-order valence-corrected chi connectivity index (χ1v) is 14.1. The van der Waals surface area contributed by atoms with Crippen molar-refractivity contribution in [3.05, 3.63) is 144 Å². The highest BCUT2D eigenvalue weighted by Gasteiger charge is 2.32. The van der Waals surface area contributed by atoms with Gasteiger partial charge in [-0.2, -0.15) is 0 Å². The predicted molar refractivity (Wildman–Crippen MR) is 161 cm³/mol. The zero-order chi connectivity index (χ0) is 30.2. The lowest BCUT2D eigenvalue weighted by Gasteiger charge is -2.25. The van der Waals surface area contributed by atoms with Gasteiger partial charge in [0.15, 0.2) is 4.80 Å². The van der Waals surface area contributed by atoms with E-state index in [0.717, 1.165) is 22.5 Å². The second kappa shape index (κ2) is 11.1. The molecule has 214 valence electrons. The van der Waals surface area contributed by atoms with Crippen LogP contribution in [0.5, 0.6) is 0 Å². The topological polar surface area (TPSA) is 114 Å². The van der Waals surface area contributed by atoms with Crippen LogP contribution < -0.4 is 20.2 Å². The molecule has 10 heteroatoms. The molecule has 1 aliphatic rings. The second-order valence-corrected chi connectivity index (χ2v) is 11.0. The summed E-state index contributed by atoms with van der Waals surface area (Å²) in [6.07, 6.45) is 1.61. The Balaban J connectivity index is 1.43. The number of hydrogen-bond donors (Lipinski definition) is 2. The summed E-state index contributed by atoms with van der Waals surface area (Å²) >= 11 is 1.16. The minimum atomic E-state index is -1.01. The number of fused-ring (bicyclic) bond motifs is 1. The maximum Gasteiger partial charge on any atom is 0.335 e. The Labute approximate surface area is 248 Å². The molecular formula is C33H24FN3O5S. The summed E-state index contributed by atoms with van der Waals surface area (Å²) in [5.74, 6) is -0.934. The average molecular weight is 594 g/mol. The zero-order valence-electron chi connectivity index (χ0n) is 23.0. The van der Waals surface area contributed by atoms with Gasteiger partial charge in [0.25, 0.3) is 11.5 Å². The van der Waals surface area contributed by atoms with Gasteiger partial charge in [0.1, 0.15) is 17.3 Å². The molecule has 1 aliphatic heterocycles. The SMILES string of the molecule is CC1=C(C(=O)Nc2ccccc2)[C@H](c2ccc(F)cc2)n2c(s/c(=C\c3ccc(-c4ccc(C(=O)O)cc4C)o3)c2=O)=N1. The van der Waals surface area contributed by atoms with Crippen molar-refractivity contribution in [2.75, 3.05) is 5.32 Å².